The summed E-state index contributed by atoms with van der Waals surface area (Å²) in [5, 5.41) is 0. The number of benzene rings is 1. The summed E-state index contributed by atoms with van der Waals surface area (Å²) in [6.45, 7) is 5.27. The Kier molecular flexibility index (Phi) is 3.28. The largest absolute Gasteiger partial charge is 0.435 e. The van der Waals surface area contributed by atoms with E-state index in [4.69, 9.17) is 4.74 Å². The monoisotopic (exact) mass is 295 g/mol. The maximum atomic E-state index is 12.8. The second kappa shape index (κ2) is 4.67. The Hall–Kier alpha value is -1.16. The van der Waals surface area contributed by atoms with E-state index in [2.05, 4.69) is 38.8 Å². The van der Waals surface area contributed by atoms with E-state index in [1.807, 2.05) is 6.07 Å². The van der Waals surface area contributed by atoms with Crippen LogP contribution in [0.25, 0.3) is 0 Å². The molecular formula is C17H23F2NO. The van der Waals surface area contributed by atoms with Gasteiger partial charge in [0.1, 0.15) is 5.75 Å². The molecule has 1 aromatic carbocycles. The fourth-order valence-electron chi connectivity index (χ4n) is 3.52. The van der Waals surface area contributed by atoms with Gasteiger partial charge in [-0.05, 0) is 42.5 Å². The van der Waals surface area contributed by atoms with E-state index >= 15 is 0 Å². The molecule has 0 bridgehead atoms. The maximum absolute atomic E-state index is 12.8. The van der Waals surface area contributed by atoms with Crippen molar-refractivity contribution >= 4 is 0 Å². The zero-order valence-electron chi connectivity index (χ0n) is 13.2. The van der Waals surface area contributed by atoms with Crippen molar-refractivity contribution in [3.63, 3.8) is 0 Å². The second-order valence-corrected chi connectivity index (χ2v) is 7.59. The van der Waals surface area contributed by atoms with Gasteiger partial charge in [-0.25, -0.2) is 0 Å². The lowest BCUT2D eigenvalue weighted by Gasteiger charge is -2.35. The van der Waals surface area contributed by atoms with Gasteiger partial charge in [0.2, 0.25) is 0 Å². The van der Waals surface area contributed by atoms with Crippen LogP contribution in [0.1, 0.15) is 50.3 Å². The van der Waals surface area contributed by atoms with Gasteiger partial charge in [0, 0.05) is 24.1 Å². The molecule has 1 aromatic rings. The van der Waals surface area contributed by atoms with Crippen molar-refractivity contribution in [1.29, 1.82) is 0 Å². The number of nitrogens with zero attached hydrogens (tertiary/aromatic N) is 1. The molecular weight excluding hydrogens is 272 g/mol. The molecule has 4 heteroatoms. The summed E-state index contributed by atoms with van der Waals surface area (Å²) in [6, 6.07) is 4.01. The van der Waals surface area contributed by atoms with E-state index in [0.29, 0.717) is 5.75 Å². The van der Waals surface area contributed by atoms with Crippen LogP contribution < -0.4 is 4.74 Å². The number of hydrogen-bond acceptors (Lipinski definition) is 2. The number of likely N-dealkylation sites (N-methyl/N-ethyl adjacent to an activating group) is 1. The number of alkyl halides is 2. The SMILES string of the molecule is CN1Cc2cc(C(C)(C)C)cc(OC(F)F)c2C2(CC2)C1. The van der Waals surface area contributed by atoms with Crippen molar-refractivity contribution in [2.45, 2.75) is 57.6 Å². The summed E-state index contributed by atoms with van der Waals surface area (Å²) in [5.41, 5.74) is 3.21. The van der Waals surface area contributed by atoms with E-state index in [1.54, 1.807) is 0 Å². The van der Waals surface area contributed by atoms with Crippen LogP contribution in [0.4, 0.5) is 8.78 Å². The summed E-state index contributed by atoms with van der Waals surface area (Å²) in [7, 11) is 2.10. The third-order valence-electron chi connectivity index (χ3n) is 4.66. The maximum Gasteiger partial charge on any atom is 0.387 e. The van der Waals surface area contributed by atoms with Crippen LogP contribution in [-0.2, 0) is 17.4 Å². The Balaban J connectivity index is 2.15. The fraction of sp³-hybridized carbons (Fsp3) is 0.647. The van der Waals surface area contributed by atoms with E-state index in [1.165, 1.54) is 0 Å². The Morgan fingerprint density at radius 1 is 1.24 bits per heavy atom. The Labute approximate surface area is 125 Å². The summed E-state index contributed by atoms with van der Waals surface area (Å²) >= 11 is 0. The van der Waals surface area contributed by atoms with Crippen molar-refractivity contribution in [2.24, 2.45) is 0 Å². The molecule has 2 nitrogen and oxygen atoms in total. The van der Waals surface area contributed by atoms with Gasteiger partial charge in [-0.2, -0.15) is 8.78 Å². The van der Waals surface area contributed by atoms with Crippen LogP contribution in [0.3, 0.4) is 0 Å². The minimum Gasteiger partial charge on any atom is -0.435 e. The molecule has 1 heterocycles. The number of hydrogen-bond donors (Lipinski definition) is 0. The lowest BCUT2D eigenvalue weighted by atomic mass is 9.80. The molecule has 0 atom stereocenters. The molecule has 0 N–H and O–H groups in total. The molecule has 0 amide bonds. The van der Waals surface area contributed by atoms with Gasteiger partial charge in [0.05, 0.1) is 0 Å². The first kappa shape index (κ1) is 14.8. The topological polar surface area (TPSA) is 12.5 Å². The first-order chi connectivity index (χ1) is 9.71. The van der Waals surface area contributed by atoms with E-state index < -0.39 is 6.61 Å². The Morgan fingerprint density at radius 3 is 2.43 bits per heavy atom. The van der Waals surface area contributed by atoms with Gasteiger partial charge in [0.15, 0.2) is 0 Å². The van der Waals surface area contributed by atoms with Crippen LogP contribution in [-0.4, -0.2) is 25.1 Å². The lowest BCUT2D eigenvalue weighted by Crippen LogP contribution is -2.36. The first-order valence-corrected chi connectivity index (χ1v) is 7.52. The first-order valence-electron chi connectivity index (χ1n) is 7.52. The molecule has 0 aromatic heterocycles. The standard InChI is InChI=1S/C17H23F2NO/c1-16(2,3)12-7-11-9-20(4)10-17(5-6-17)14(11)13(8-12)21-15(18)19/h7-8,15H,5-6,9-10H2,1-4H3. The average molecular weight is 295 g/mol. The summed E-state index contributed by atoms with van der Waals surface area (Å²) in [5.74, 6) is 0.401. The molecule has 0 unspecified atom stereocenters. The van der Waals surface area contributed by atoms with Gasteiger partial charge in [-0.15, -0.1) is 0 Å². The highest BCUT2D eigenvalue weighted by atomic mass is 19.3. The predicted molar refractivity (Wildman–Crippen MR) is 79.0 cm³/mol. The zero-order valence-corrected chi connectivity index (χ0v) is 13.2. The van der Waals surface area contributed by atoms with Crippen LogP contribution in [0, 0.1) is 0 Å². The van der Waals surface area contributed by atoms with E-state index in [0.717, 1.165) is 42.6 Å². The number of fused-ring (bicyclic) bond motifs is 2. The van der Waals surface area contributed by atoms with Crippen molar-refractivity contribution in [1.82, 2.24) is 4.90 Å². The van der Waals surface area contributed by atoms with Crippen LogP contribution in [0.15, 0.2) is 12.1 Å². The highest BCUT2D eigenvalue weighted by Crippen LogP contribution is 2.56. The van der Waals surface area contributed by atoms with Crippen LogP contribution in [0.5, 0.6) is 5.75 Å². The van der Waals surface area contributed by atoms with E-state index in [9.17, 15) is 8.78 Å². The van der Waals surface area contributed by atoms with E-state index in [-0.39, 0.29) is 10.8 Å². The van der Waals surface area contributed by atoms with Gasteiger partial charge < -0.3 is 9.64 Å². The smallest absolute Gasteiger partial charge is 0.387 e. The molecule has 2 aliphatic rings. The summed E-state index contributed by atoms with van der Waals surface area (Å²) in [6.07, 6.45) is 2.14. The molecule has 1 saturated carbocycles. The third kappa shape index (κ3) is 2.66. The highest BCUT2D eigenvalue weighted by Gasteiger charge is 2.50. The van der Waals surface area contributed by atoms with Crippen LogP contribution in [0.2, 0.25) is 0 Å². The zero-order chi connectivity index (χ0) is 15.4. The van der Waals surface area contributed by atoms with Crippen LogP contribution >= 0.6 is 0 Å². The number of halogens is 2. The Morgan fingerprint density at radius 2 is 1.90 bits per heavy atom. The minimum atomic E-state index is -2.76. The van der Waals surface area contributed by atoms with Gasteiger partial charge in [-0.1, -0.05) is 26.8 Å². The molecule has 21 heavy (non-hydrogen) atoms. The van der Waals surface area contributed by atoms with Crippen molar-refractivity contribution in [3.8, 4) is 5.75 Å². The molecule has 0 radical (unpaired) electrons. The van der Waals surface area contributed by atoms with Gasteiger partial charge in [0.25, 0.3) is 0 Å². The Bertz CT molecular complexity index is 559. The minimum absolute atomic E-state index is 0.0446. The molecule has 3 rings (SSSR count). The molecule has 0 saturated heterocycles. The normalized spacial score (nSPS) is 20.7. The second-order valence-electron chi connectivity index (χ2n) is 7.59. The van der Waals surface area contributed by atoms with Crippen molar-refractivity contribution in [3.05, 3.63) is 28.8 Å². The quantitative estimate of drug-likeness (QED) is 0.815. The highest BCUT2D eigenvalue weighted by molar-refractivity contribution is 5.53. The lowest BCUT2D eigenvalue weighted by molar-refractivity contribution is -0.0511. The molecule has 1 aliphatic carbocycles. The third-order valence-corrected chi connectivity index (χ3v) is 4.66. The van der Waals surface area contributed by atoms with Crippen molar-refractivity contribution in [2.75, 3.05) is 13.6 Å². The number of ether oxygens (including phenoxy) is 1. The number of rotatable bonds is 2. The molecule has 1 aliphatic heterocycles. The fourth-order valence-corrected chi connectivity index (χ4v) is 3.52. The van der Waals surface area contributed by atoms with Crippen molar-refractivity contribution < 1.29 is 13.5 Å². The molecule has 116 valence electrons. The summed E-state index contributed by atoms with van der Waals surface area (Å²) < 4.78 is 30.6. The average Bonchev–Trinajstić information content (AvgIpc) is 3.05. The van der Waals surface area contributed by atoms with Gasteiger partial charge >= 0.3 is 6.61 Å². The summed E-state index contributed by atoms with van der Waals surface area (Å²) in [4.78, 5) is 2.29. The molecule has 1 fully saturated rings. The predicted octanol–water partition coefficient (Wildman–Crippen LogP) is 4.06. The molecule has 1 spiro atoms. The van der Waals surface area contributed by atoms with Gasteiger partial charge in [-0.3, -0.25) is 0 Å².